The fraction of sp³-hybridized carbons (Fsp3) is 0.286. The van der Waals surface area contributed by atoms with Crippen molar-refractivity contribution in [2.24, 2.45) is 7.05 Å². The molecular weight excluding hydrogens is 320 g/mol. The molecule has 2 aromatic heterocycles. The number of carbonyl (C=O) groups excluding carboxylic acids is 1. The Balaban J connectivity index is 2.03. The number of amides is 1. The van der Waals surface area contributed by atoms with Gasteiger partial charge in [-0.1, -0.05) is 6.08 Å². The van der Waals surface area contributed by atoms with Crippen molar-refractivity contribution in [2.45, 2.75) is 6.04 Å². The highest BCUT2D eigenvalue weighted by Crippen LogP contribution is 2.22. The summed E-state index contributed by atoms with van der Waals surface area (Å²) in [6.07, 6.45) is 4.93. The van der Waals surface area contributed by atoms with Gasteiger partial charge in [-0.05, 0) is 0 Å². The summed E-state index contributed by atoms with van der Waals surface area (Å²) in [4.78, 5) is 27.5. The molecule has 2 aromatic rings. The number of carboxylic acid groups (broad SMARTS) is 1. The molecule has 0 saturated heterocycles. The standard InChI is InChI=1S/C14H16N4O4S/c1-3-4-22-7-10(14(20)21)16-12(19)11-8-23-13(17-11)9-5-15-18(2)6-9/h3,5-6,8,10H,1,4,7H2,2H3,(H,16,19)(H,20,21). The van der Waals surface area contributed by atoms with Crippen molar-refractivity contribution in [3.63, 3.8) is 0 Å². The fourth-order valence-electron chi connectivity index (χ4n) is 1.72. The summed E-state index contributed by atoms with van der Waals surface area (Å²) in [5.74, 6) is -1.74. The van der Waals surface area contributed by atoms with Crippen LogP contribution < -0.4 is 5.32 Å². The minimum Gasteiger partial charge on any atom is -0.480 e. The Kier molecular flexibility index (Phi) is 5.61. The SMILES string of the molecule is C=CCOCC(NC(=O)c1csc(-c2cnn(C)c2)n1)C(=O)O. The van der Waals surface area contributed by atoms with Crippen molar-refractivity contribution in [1.29, 1.82) is 0 Å². The number of aryl methyl sites for hydroxylation is 1. The second kappa shape index (κ2) is 7.65. The summed E-state index contributed by atoms with van der Waals surface area (Å²) in [5.41, 5.74) is 0.949. The molecule has 0 aliphatic carbocycles. The van der Waals surface area contributed by atoms with E-state index in [-0.39, 0.29) is 18.9 Å². The molecule has 1 amide bonds. The van der Waals surface area contributed by atoms with Crippen LogP contribution in [0.15, 0.2) is 30.4 Å². The summed E-state index contributed by atoms with van der Waals surface area (Å²) in [7, 11) is 1.78. The first-order valence-corrected chi connectivity index (χ1v) is 7.56. The molecule has 23 heavy (non-hydrogen) atoms. The number of carbonyl (C=O) groups is 2. The number of thiazole rings is 1. The third-order valence-electron chi connectivity index (χ3n) is 2.81. The highest BCUT2D eigenvalue weighted by atomic mass is 32.1. The minimum atomic E-state index is -1.18. The third kappa shape index (κ3) is 4.47. The Bertz CT molecular complexity index is 709. The van der Waals surface area contributed by atoms with E-state index < -0.39 is 17.9 Å². The van der Waals surface area contributed by atoms with Crippen LogP contribution in [0.25, 0.3) is 10.6 Å². The Morgan fingerprint density at radius 3 is 3.00 bits per heavy atom. The van der Waals surface area contributed by atoms with E-state index in [0.29, 0.717) is 5.01 Å². The lowest BCUT2D eigenvalue weighted by atomic mass is 10.3. The van der Waals surface area contributed by atoms with Gasteiger partial charge in [0.25, 0.3) is 5.91 Å². The van der Waals surface area contributed by atoms with E-state index in [9.17, 15) is 9.59 Å². The van der Waals surface area contributed by atoms with Crippen LogP contribution in [0, 0.1) is 0 Å². The third-order valence-corrected chi connectivity index (χ3v) is 3.70. The van der Waals surface area contributed by atoms with Crippen molar-refractivity contribution in [2.75, 3.05) is 13.2 Å². The lowest BCUT2D eigenvalue weighted by Gasteiger charge is -2.13. The van der Waals surface area contributed by atoms with Gasteiger partial charge in [-0.25, -0.2) is 9.78 Å². The van der Waals surface area contributed by atoms with Crippen LogP contribution in [0.2, 0.25) is 0 Å². The number of hydrogen-bond donors (Lipinski definition) is 2. The van der Waals surface area contributed by atoms with E-state index in [0.717, 1.165) is 5.56 Å². The summed E-state index contributed by atoms with van der Waals surface area (Å²) >= 11 is 1.28. The number of ether oxygens (including phenoxy) is 1. The van der Waals surface area contributed by atoms with Crippen LogP contribution in [-0.4, -0.2) is 51.0 Å². The predicted octanol–water partition coefficient (Wildman–Crippen LogP) is 0.929. The Morgan fingerprint density at radius 2 is 2.39 bits per heavy atom. The van der Waals surface area contributed by atoms with E-state index in [1.54, 1.807) is 29.5 Å². The molecule has 0 aromatic carbocycles. The normalized spacial score (nSPS) is 11.9. The quantitative estimate of drug-likeness (QED) is 0.549. The van der Waals surface area contributed by atoms with Crippen LogP contribution in [0.1, 0.15) is 10.5 Å². The van der Waals surface area contributed by atoms with Crippen molar-refractivity contribution in [3.8, 4) is 10.6 Å². The summed E-state index contributed by atoms with van der Waals surface area (Å²) < 4.78 is 6.71. The largest absolute Gasteiger partial charge is 0.480 e. The van der Waals surface area contributed by atoms with Gasteiger partial charge < -0.3 is 15.2 Å². The van der Waals surface area contributed by atoms with Gasteiger partial charge in [-0.3, -0.25) is 9.48 Å². The molecule has 0 spiro atoms. The maximum Gasteiger partial charge on any atom is 0.328 e. The van der Waals surface area contributed by atoms with Crippen molar-refractivity contribution in [3.05, 3.63) is 36.1 Å². The average Bonchev–Trinajstić information content (AvgIpc) is 3.14. The maximum atomic E-state index is 12.1. The number of hydrogen-bond acceptors (Lipinski definition) is 6. The van der Waals surface area contributed by atoms with Gasteiger partial charge in [0.15, 0.2) is 6.04 Å². The van der Waals surface area contributed by atoms with E-state index in [4.69, 9.17) is 9.84 Å². The molecule has 2 rings (SSSR count). The number of carboxylic acids is 1. The molecule has 122 valence electrons. The molecule has 0 aliphatic heterocycles. The maximum absolute atomic E-state index is 12.1. The summed E-state index contributed by atoms with van der Waals surface area (Å²) in [6, 6.07) is -1.15. The van der Waals surface area contributed by atoms with Gasteiger partial charge in [-0.15, -0.1) is 17.9 Å². The predicted molar refractivity (Wildman–Crippen MR) is 84.2 cm³/mol. The number of aromatic nitrogens is 3. The smallest absolute Gasteiger partial charge is 0.328 e. The summed E-state index contributed by atoms with van der Waals surface area (Å²) in [5, 5.41) is 17.7. The first-order chi connectivity index (χ1) is 11.0. The lowest BCUT2D eigenvalue weighted by Crippen LogP contribution is -2.44. The highest BCUT2D eigenvalue weighted by molar-refractivity contribution is 7.13. The second-order valence-corrected chi connectivity index (χ2v) is 5.49. The average molecular weight is 336 g/mol. The fourth-order valence-corrected chi connectivity index (χ4v) is 2.49. The molecule has 8 nitrogen and oxygen atoms in total. The van der Waals surface area contributed by atoms with Gasteiger partial charge in [0.2, 0.25) is 0 Å². The van der Waals surface area contributed by atoms with Gasteiger partial charge >= 0.3 is 5.97 Å². The van der Waals surface area contributed by atoms with Crippen molar-refractivity contribution in [1.82, 2.24) is 20.1 Å². The van der Waals surface area contributed by atoms with Gasteiger partial charge in [0.05, 0.1) is 19.4 Å². The first kappa shape index (κ1) is 16.8. The van der Waals surface area contributed by atoms with Crippen LogP contribution in [0.4, 0.5) is 0 Å². The Hall–Kier alpha value is -2.52. The van der Waals surface area contributed by atoms with Crippen LogP contribution in [0.5, 0.6) is 0 Å². The minimum absolute atomic E-state index is 0.146. The molecule has 2 heterocycles. The number of nitrogens with one attached hydrogen (secondary N) is 1. The zero-order chi connectivity index (χ0) is 16.8. The zero-order valence-corrected chi connectivity index (χ0v) is 13.2. The molecule has 0 bridgehead atoms. The van der Waals surface area contributed by atoms with Crippen molar-refractivity contribution >= 4 is 23.2 Å². The second-order valence-electron chi connectivity index (χ2n) is 4.63. The lowest BCUT2D eigenvalue weighted by molar-refractivity contribution is -0.140. The number of nitrogens with zero attached hydrogens (tertiary/aromatic N) is 3. The van der Waals surface area contributed by atoms with Crippen LogP contribution in [-0.2, 0) is 16.6 Å². The first-order valence-electron chi connectivity index (χ1n) is 6.68. The van der Waals surface area contributed by atoms with Gasteiger partial charge in [0.1, 0.15) is 10.7 Å². The van der Waals surface area contributed by atoms with Crippen molar-refractivity contribution < 1.29 is 19.4 Å². The molecule has 9 heteroatoms. The van der Waals surface area contributed by atoms with E-state index in [2.05, 4.69) is 22.0 Å². The van der Waals surface area contributed by atoms with E-state index >= 15 is 0 Å². The highest BCUT2D eigenvalue weighted by Gasteiger charge is 2.22. The molecule has 1 atom stereocenters. The topological polar surface area (TPSA) is 106 Å². The van der Waals surface area contributed by atoms with Crippen LogP contribution in [0.3, 0.4) is 0 Å². The molecule has 2 N–H and O–H groups in total. The molecule has 1 unspecified atom stereocenters. The molecular formula is C14H16N4O4S. The number of aliphatic carboxylic acids is 1. The van der Waals surface area contributed by atoms with Crippen LogP contribution >= 0.6 is 11.3 Å². The van der Waals surface area contributed by atoms with E-state index in [1.165, 1.54) is 17.4 Å². The molecule has 0 saturated carbocycles. The zero-order valence-electron chi connectivity index (χ0n) is 12.4. The number of rotatable bonds is 8. The molecule has 0 aliphatic rings. The monoisotopic (exact) mass is 336 g/mol. The Labute approximate surface area is 136 Å². The Morgan fingerprint density at radius 1 is 1.61 bits per heavy atom. The molecule has 0 fully saturated rings. The van der Waals surface area contributed by atoms with E-state index in [1.807, 2.05) is 0 Å². The van der Waals surface area contributed by atoms with Gasteiger partial charge in [0, 0.05) is 24.2 Å². The van der Waals surface area contributed by atoms with Gasteiger partial charge in [-0.2, -0.15) is 5.10 Å². The summed E-state index contributed by atoms with van der Waals surface area (Å²) in [6.45, 7) is 3.53. The molecule has 0 radical (unpaired) electrons.